The van der Waals surface area contributed by atoms with E-state index in [1.807, 2.05) is 0 Å². The SMILES string of the molecule is CCCCCCCCOc1ccc(-c2ccc(OCCCCCCCC)c(F)c2F)c(F)c1. The number of unbranched alkanes of at least 4 members (excludes halogenated alkanes) is 10. The zero-order valence-corrected chi connectivity index (χ0v) is 20.2. The predicted octanol–water partition coefficient (Wildman–Crippen LogP) is 9.25. The first-order chi connectivity index (χ1) is 16.1. The Labute approximate surface area is 197 Å². The molecule has 184 valence electrons. The minimum Gasteiger partial charge on any atom is -0.493 e. The van der Waals surface area contributed by atoms with Crippen molar-refractivity contribution in [3.05, 3.63) is 47.8 Å². The van der Waals surface area contributed by atoms with Gasteiger partial charge in [-0.25, -0.2) is 8.78 Å². The second kappa shape index (κ2) is 15.6. The van der Waals surface area contributed by atoms with Crippen LogP contribution in [-0.2, 0) is 0 Å². The molecule has 0 bridgehead atoms. The van der Waals surface area contributed by atoms with Gasteiger partial charge in [-0.2, -0.15) is 4.39 Å². The van der Waals surface area contributed by atoms with Crippen LogP contribution in [0.25, 0.3) is 11.1 Å². The summed E-state index contributed by atoms with van der Waals surface area (Å²) in [4.78, 5) is 0. The third-order valence-electron chi connectivity index (χ3n) is 5.80. The number of halogens is 3. The lowest BCUT2D eigenvalue weighted by atomic mass is 10.0. The van der Waals surface area contributed by atoms with Gasteiger partial charge in [-0.3, -0.25) is 0 Å². The Kier molecular flexibility index (Phi) is 12.8. The second-order valence-electron chi connectivity index (χ2n) is 8.61. The van der Waals surface area contributed by atoms with Crippen LogP contribution in [0.15, 0.2) is 30.3 Å². The molecule has 33 heavy (non-hydrogen) atoms. The predicted molar refractivity (Wildman–Crippen MR) is 129 cm³/mol. The Hall–Kier alpha value is -2.17. The van der Waals surface area contributed by atoms with Gasteiger partial charge < -0.3 is 9.47 Å². The highest BCUT2D eigenvalue weighted by Crippen LogP contribution is 2.33. The molecular formula is C28H39F3O2. The van der Waals surface area contributed by atoms with Gasteiger partial charge in [0, 0.05) is 17.2 Å². The van der Waals surface area contributed by atoms with Crippen molar-refractivity contribution in [1.82, 2.24) is 0 Å². The van der Waals surface area contributed by atoms with Gasteiger partial charge in [-0.05, 0) is 37.1 Å². The lowest BCUT2D eigenvalue weighted by Crippen LogP contribution is -2.02. The topological polar surface area (TPSA) is 18.5 Å². The van der Waals surface area contributed by atoms with Crippen LogP contribution in [0.3, 0.4) is 0 Å². The highest BCUT2D eigenvalue weighted by molar-refractivity contribution is 5.66. The molecule has 0 fully saturated rings. The van der Waals surface area contributed by atoms with Gasteiger partial charge in [0.2, 0.25) is 5.82 Å². The summed E-state index contributed by atoms with van der Waals surface area (Å²) in [5.74, 6) is -2.57. The molecule has 0 amide bonds. The maximum absolute atomic E-state index is 14.7. The summed E-state index contributed by atoms with van der Waals surface area (Å²) in [5.41, 5.74) is -0.125. The van der Waals surface area contributed by atoms with E-state index in [4.69, 9.17) is 9.47 Å². The highest BCUT2D eigenvalue weighted by Gasteiger charge is 2.18. The first-order valence-corrected chi connectivity index (χ1v) is 12.6. The van der Waals surface area contributed by atoms with Crippen molar-refractivity contribution < 1.29 is 22.6 Å². The minimum absolute atomic E-state index is 0.000731. The fourth-order valence-electron chi connectivity index (χ4n) is 3.79. The zero-order valence-electron chi connectivity index (χ0n) is 20.2. The molecule has 0 spiro atoms. The van der Waals surface area contributed by atoms with Crippen LogP contribution in [0.1, 0.15) is 90.9 Å². The molecule has 0 N–H and O–H groups in total. The summed E-state index contributed by atoms with van der Waals surface area (Å²) >= 11 is 0. The summed E-state index contributed by atoms with van der Waals surface area (Å²) in [6, 6.07) is 6.99. The van der Waals surface area contributed by atoms with Crippen molar-refractivity contribution in [3.8, 4) is 22.6 Å². The van der Waals surface area contributed by atoms with E-state index in [1.165, 1.54) is 69.2 Å². The Morgan fingerprint density at radius 2 is 1.12 bits per heavy atom. The highest BCUT2D eigenvalue weighted by atomic mass is 19.2. The third-order valence-corrected chi connectivity index (χ3v) is 5.80. The smallest absolute Gasteiger partial charge is 0.201 e. The van der Waals surface area contributed by atoms with Crippen molar-refractivity contribution in [2.75, 3.05) is 13.2 Å². The molecule has 5 heteroatoms. The van der Waals surface area contributed by atoms with Gasteiger partial charge in [0.15, 0.2) is 11.6 Å². The third kappa shape index (κ3) is 9.30. The van der Waals surface area contributed by atoms with Gasteiger partial charge in [0.1, 0.15) is 11.6 Å². The lowest BCUT2D eigenvalue weighted by molar-refractivity contribution is 0.285. The molecule has 0 aromatic heterocycles. The summed E-state index contributed by atoms with van der Waals surface area (Å²) in [7, 11) is 0. The molecule has 2 rings (SSSR count). The first kappa shape index (κ1) is 27.1. The van der Waals surface area contributed by atoms with Crippen LogP contribution in [0.2, 0.25) is 0 Å². The molecule has 2 aromatic rings. The first-order valence-electron chi connectivity index (χ1n) is 12.6. The van der Waals surface area contributed by atoms with E-state index in [0.29, 0.717) is 19.0 Å². The van der Waals surface area contributed by atoms with Crippen molar-refractivity contribution in [2.45, 2.75) is 90.9 Å². The van der Waals surface area contributed by atoms with Crippen molar-refractivity contribution in [1.29, 1.82) is 0 Å². The van der Waals surface area contributed by atoms with Gasteiger partial charge >= 0.3 is 0 Å². The largest absolute Gasteiger partial charge is 0.493 e. The standard InChI is InChI=1S/C28H39F3O2/c1-3-5-7-9-11-13-19-32-22-15-16-23(25(29)21-22)24-17-18-26(28(31)27(24)30)33-20-14-12-10-8-6-4-2/h15-18,21H,3-14,19-20H2,1-2H3. The zero-order chi connectivity index (χ0) is 23.9. The monoisotopic (exact) mass is 464 g/mol. The fourth-order valence-corrected chi connectivity index (χ4v) is 3.79. The van der Waals surface area contributed by atoms with Crippen LogP contribution >= 0.6 is 0 Å². The molecular weight excluding hydrogens is 425 g/mol. The Morgan fingerprint density at radius 1 is 0.576 bits per heavy atom. The van der Waals surface area contributed by atoms with Gasteiger partial charge in [0.25, 0.3) is 0 Å². The summed E-state index contributed by atoms with van der Waals surface area (Å²) < 4.78 is 54.8. The molecule has 0 saturated heterocycles. The van der Waals surface area contributed by atoms with Crippen molar-refractivity contribution >= 4 is 0 Å². The molecule has 0 heterocycles. The van der Waals surface area contributed by atoms with Crippen LogP contribution in [0.5, 0.6) is 11.5 Å². The summed E-state index contributed by atoms with van der Waals surface area (Å²) in [5, 5.41) is 0. The maximum Gasteiger partial charge on any atom is 0.201 e. The van der Waals surface area contributed by atoms with Crippen LogP contribution < -0.4 is 9.47 Å². The van der Waals surface area contributed by atoms with Crippen molar-refractivity contribution in [2.24, 2.45) is 0 Å². The molecule has 2 aromatic carbocycles. The Morgan fingerprint density at radius 3 is 1.73 bits per heavy atom. The number of ether oxygens (including phenoxy) is 2. The quantitative estimate of drug-likeness (QED) is 0.217. The van der Waals surface area contributed by atoms with Crippen molar-refractivity contribution in [3.63, 3.8) is 0 Å². The van der Waals surface area contributed by atoms with E-state index in [0.717, 1.165) is 32.1 Å². The summed E-state index contributed by atoms with van der Waals surface area (Å²) in [6.45, 7) is 5.19. The number of hydrogen-bond acceptors (Lipinski definition) is 2. The van der Waals surface area contributed by atoms with Gasteiger partial charge in [0.05, 0.1) is 13.2 Å². The van der Waals surface area contributed by atoms with E-state index >= 15 is 0 Å². The van der Waals surface area contributed by atoms with E-state index in [9.17, 15) is 13.2 Å². The van der Waals surface area contributed by atoms with Gasteiger partial charge in [-0.15, -0.1) is 0 Å². The molecule has 0 unspecified atom stereocenters. The Bertz CT molecular complexity index is 823. The summed E-state index contributed by atoms with van der Waals surface area (Å²) in [6.07, 6.45) is 13.3. The average Bonchev–Trinajstić information content (AvgIpc) is 2.81. The molecule has 0 atom stereocenters. The molecule has 0 radical (unpaired) electrons. The Balaban J connectivity index is 1.88. The lowest BCUT2D eigenvalue weighted by Gasteiger charge is -2.12. The number of benzene rings is 2. The van der Waals surface area contributed by atoms with Crippen LogP contribution in [0, 0.1) is 17.5 Å². The van der Waals surface area contributed by atoms with Gasteiger partial charge in [-0.1, -0.05) is 78.1 Å². The average molecular weight is 465 g/mol. The second-order valence-corrected chi connectivity index (χ2v) is 8.61. The van der Waals surface area contributed by atoms with E-state index in [-0.39, 0.29) is 16.9 Å². The molecule has 0 aliphatic carbocycles. The van der Waals surface area contributed by atoms with E-state index in [2.05, 4.69) is 13.8 Å². The van der Waals surface area contributed by atoms with Crippen LogP contribution in [-0.4, -0.2) is 13.2 Å². The number of hydrogen-bond donors (Lipinski definition) is 0. The maximum atomic E-state index is 14.7. The molecule has 0 aliphatic rings. The number of rotatable bonds is 17. The normalized spacial score (nSPS) is 11.1. The minimum atomic E-state index is -1.10. The van der Waals surface area contributed by atoms with E-state index < -0.39 is 17.5 Å². The molecule has 2 nitrogen and oxygen atoms in total. The van der Waals surface area contributed by atoms with E-state index in [1.54, 1.807) is 6.07 Å². The molecule has 0 saturated carbocycles. The molecule has 0 aliphatic heterocycles. The van der Waals surface area contributed by atoms with Crippen LogP contribution in [0.4, 0.5) is 13.2 Å². The fraction of sp³-hybridized carbons (Fsp3) is 0.571.